The first-order chi connectivity index (χ1) is 14.2. The van der Waals surface area contributed by atoms with Crippen LogP contribution in [-0.4, -0.2) is 30.1 Å². The lowest BCUT2D eigenvalue weighted by Gasteiger charge is -2.16. The molecule has 0 fully saturated rings. The molecule has 0 aliphatic carbocycles. The van der Waals surface area contributed by atoms with Crippen LogP contribution < -0.4 is 4.90 Å². The monoisotopic (exact) mass is 460 g/mol. The number of fused-ring (bicyclic) bond motifs is 1. The number of carbonyl (C=O) groups is 1. The van der Waals surface area contributed by atoms with Crippen molar-refractivity contribution in [1.82, 2.24) is 9.55 Å². The molecule has 0 saturated carbocycles. The molecule has 152 valence electrons. The SMILES string of the molecule is CS(=O)(=O)c1cnc2n1C(Cc1ccc(C#N)cc1)C(=O)N2c1cc(Cl)cc(Cl)c1. The minimum atomic E-state index is -3.64. The standard InChI is InChI=1S/C20H14Cl2N4O3S/c1-30(28,29)18-11-24-20-25(16-8-14(21)7-15(22)9-16)19(27)17(26(18)20)6-12-2-4-13(10-23)5-3-12/h2-5,7-9,11,17H,6H2,1H3. The predicted octanol–water partition coefficient (Wildman–Crippen LogP) is 3.93. The van der Waals surface area contributed by atoms with E-state index in [1.54, 1.807) is 36.4 Å². The van der Waals surface area contributed by atoms with E-state index in [0.29, 0.717) is 21.3 Å². The minimum absolute atomic E-state index is 0.0554. The van der Waals surface area contributed by atoms with Gasteiger partial charge in [-0.1, -0.05) is 35.3 Å². The highest BCUT2D eigenvalue weighted by atomic mass is 35.5. The number of sulfone groups is 1. The number of carbonyl (C=O) groups excluding carboxylic acids is 1. The third-order valence-corrected chi connectivity index (χ3v) is 6.26. The molecule has 7 nitrogen and oxygen atoms in total. The maximum absolute atomic E-state index is 13.4. The summed E-state index contributed by atoms with van der Waals surface area (Å²) in [6, 6.07) is 12.6. The molecular formula is C20H14Cl2N4O3S. The van der Waals surface area contributed by atoms with Crippen LogP contribution in [0.2, 0.25) is 10.0 Å². The molecule has 0 radical (unpaired) electrons. The number of imidazole rings is 1. The van der Waals surface area contributed by atoms with Gasteiger partial charge in [0.05, 0.1) is 23.5 Å². The van der Waals surface area contributed by atoms with Gasteiger partial charge in [0.25, 0.3) is 5.91 Å². The van der Waals surface area contributed by atoms with Crippen LogP contribution in [0.5, 0.6) is 0 Å². The summed E-state index contributed by atoms with van der Waals surface area (Å²) in [5, 5.41) is 9.59. The van der Waals surface area contributed by atoms with Crippen molar-refractivity contribution in [1.29, 1.82) is 5.26 Å². The second-order valence-corrected chi connectivity index (χ2v) is 9.70. The van der Waals surface area contributed by atoms with Crippen molar-refractivity contribution < 1.29 is 13.2 Å². The van der Waals surface area contributed by atoms with Crippen LogP contribution in [0, 0.1) is 11.3 Å². The highest BCUT2D eigenvalue weighted by Crippen LogP contribution is 2.41. The van der Waals surface area contributed by atoms with Crippen molar-refractivity contribution >= 4 is 50.6 Å². The Hall–Kier alpha value is -2.86. The van der Waals surface area contributed by atoms with Crippen molar-refractivity contribution in [3.63, 3.8) is 0 Å². The molecule has 4 rings (SSSR count). The van der Waals surface area contributed by atoms with Gasteiger partial charge in [0.15, 0.2) is 14.9 Å². The summed E-state index contributed by atoms with van der Waals surface area (Å²) >= 11 is 12.2. The molecule has 2 heterocycles. The van der Waals surface area contributed by atoms with Crippen molar-refractivity contribution in [3.05, 3.63) is 69.8 Å². The molecule has 3 aromatic rings. The average molecular weight is 461 g/mol. The summed E-state index contributed by atoms with van der Waals surface area (Å²) in [6.07, 6.45) is 2.53. The molecule has 0 spiro atoms. The zero-order valence-electron chi connectivity index (χ0n) is 15.6. The highest BCUT2D eigenvalue weighted by molar-refractivity contribution is 7.90. The van der Waals surface area contributed by atoms with Gasteiger partial charge in [-0.25, -0.2) is 18.3 Å². The van der Waals surface area contributed by atoms with E-state index in [9.17, 15) is 13.2 Å². The number of aromatic nitrogens is 2. The summed E-state index contributed by atoms with van der Waals surface area (Å²) in [7, 11) is -3.64. The van der Waals surface area contributed by atoms with E-state index in [1.165, 1.54) is 21.7 Å². The van der Waals surface area contributed by atoms with Crippen molar-refractivity contribution in [2.75, 3.05) is 11.2 Å². The fourth-order valence-electron chi connectivity index (χ4n) is 3.46. The second kappa shape index (κ2) is 7.43. The summed E-state index contributed by atoms with van der Waals surface area (Å²) in [5.41, 5.74) is 1.66. The average Bonchev–Trinajstić information content (AvgIpc) is 3.20. The lowest BCUT2D eigenvalue weighted by Crippen LogP contribution is -2.27. The third kappa shape index (κ3) is 3.56. The van der Waals surface area contributed by atoms with Gasteiger partial charge in [0.1, 0.15) is 6.04 Å². The van der Waals surface area contributed by atoms with Gasteiger partial charge in [-0.2, -0.15) is 5.26 Å². The van der Waals surface area contributed by atoms with E-state index in [2.05, 4.69) is 4.98 Å². The normalized spacial score (nSPS) is 15.9. The Morgan fingerprint density at radius 2 is 1.77 bits per heavy atom. The molecule has 1 unspecified atom stereocenters. The Labute approximate surface area is 183 Å². The Kier molecular flexibility index (Phi) is 5.06. The van der Waals surface area contributed by atoms with Gasteiger partial charge in [-0.15, -0.1) is 0 Å². The van der Waals surface area contributed by atoms with E-state index in [4.69, 9.17) is 28.5 Å². The maximum Gasteiger partial charge on any atom is 0.257 e. The number of hydrogen-bond acceptors (Lipinski definition) is 5. The molecule has 10 heteroatoms. The first-order valence-electron chi connectivity index (χ1n) is 8.75. The van der Waals surface area contributed by atoms with Crippen LogP contribution in [0.25, 0.3) is 0 Å². The van der Waals surface area contributed by atoms with Crippen LogP contribution in [0.1, 0.15) is 17.2 Å². The number of nitriles is 1. The second-order valence-electron chi connectivity index (χ2n) is 6.87. The topological polar surface area (TPSA) is 96.1 Å². The number of halogens is 2. The number of nitrogens with zero attached hydrogens (tertiary/aromatic N) is 4. The predicted molar refractivity (Wildman–Crippen MR) is 113 cm³/mol. The minimum Gasteiger partial charge on any atom is -0.288 e. The van der Waals surface area contributed by atoms with Gasteiger partial charge >= 0.3 is 0 Å². The van der Waals surface area contributed by atoms with Crippen LogP contribution in [0.3, 0.4) is 0 Å². The molecule has 30 heavy (non-hydrogen) atoms. The third-order valence-electron chi connectivity index (χ3n) is 4.76. The summed E-state index contributed by atoms with van der Waals surface area (Å²) in [6.45, 7) is 0. The molecule has 0 bridgehead atoms. The number of benzene rings is 2. The van der Waals surface area contributed by atoms with Gasteiger partial charge in [-0.05, 0) is 35.9 Å². The van der Waals surface area contributed by atoms with Crippen molar-refractivity contribution in [3.8, 4) is 6.07 Å². The molecule has 0 saturated heterocycles. The molecule has 1 amide bonds. The fourth-order valence-corrected chi connectivity index (χ4v) is 4.78. The van der Waals surface area contributed by atoms with Crippen molar-refractivity contribution in [2.45, 2.75) is 17.5 Å². The van der Waals surface area contributed by atoms with Crippen LogP contribution in [0.4, 0.5) is 11.6 Å². The Bertz CT molecular complexity index is 1290. The number of anilines is 2. The summed E-state index contributed by atoms with van der Waals surface area (Å²) in [4.78, 5) is 18.9. The zero-order chi connectivity index (χ0) is 21.6. The van der Waals surface area contributed by atoms with Gasteiger partial charge in [0.2, 0.25) is 5.95 Å². The Morgan fingerprint density at radius 3 is 2.33 bits per heavy atom. The van der Waals surface area contributed by atoms with Crippen LogP contribution in [0.15, 0.2) is 53.7 Å². The van der Waals surface area contributed by atoms with E-state index < -0.39 is 15.9 Å². The largest absolute Gasteiger partial charge is 0.288 e. The molecular weight excluding hydrogens is 447 g/mol. The Balaban J connectivity index is 1.84. The van der Waals surface area contributed by atoms with E-state index >= 15 is 0 Å². The molecule has 0 N–H and O–H groups in total. The van der Waals surface area contributed by atoms with Crippen LogP contribution in [-0.2, 0) is 21.1 Å². The lowest BCUT2D eigenvalue weighted by molar-refractivity contribution is -0.119. The quantitative estimate of drug-likeness (QED) is 0.587. The maximum atomic E-state index is 13.4. The highest BCUT2D eigenvalue weighted by Gasteiger charge is 2.42. The van der Waals surface area contributed by atoms with E-state index in [0.717, 1.165) is 11.8 Å². The number of amides is 1. The lowest BCUT2D eigenvalue weighted by atomic mass is 10.0. The first-order valence-corrected chi connectivity index (χ1v) is 11.4. The smallest absolute Gasteiger partial charge is 0.257 e. The molecule has 1 aliphatic rings. The fraction of sp³-hybridized carbons (Fsp3) is 0.150. The van der Waals surface area contributed by atoms with E-state index in [1.807, 2.05) is 6.07 Å². The first kappa shape index (κ1) is 20.4. The van der Waals surface area contributed by atoms with Gasteiger partial charge < -0.3 is 0 Å². The zero-order valence-corrected chi connectivity index (χ0v) is 17.9. The molecule has 1 atom stereocenters. The molecule has 2 aromatic carbocycles. The van der Waals surface area contributed by atoms with Gasteiger partial charge in [-0.3, -0.25) is 9.36 Å². The van der Waals surface area contributed by atoms with Gasteiger partial charge in [0, 0.05) is 22.7 Å². The van der Waals surface area contributed by atoms with Crippen LogP contribution >= 0.6 is 23.2 Å². The number of hydrogen-bond donors (Lipinski definition) is 0. The molecule has 1 aromatic heterocycles. The summed E-state index contributed by atoms with van der Waals surface area (Å²) in [5.74, 6) is -0.178. The molecule has 1 aliphatic heterocycles. The van der Waals surface area contributed by atoms with Crippen molar-refractivity contribution in [2.24, 2.45) is 0 Å². The van der Waals surface area contributed by atoms with E-state index in [-0.39, 0.29) is 23.3 Å². The summed E-state index contributed by atoms with van der Waals surface area (Å²) < 4.78 is 26.1. The Morgan fingerprint density at radius 1 is 1.13 bits per heavy atom. The number of rotatable bonds is 4.